The second-order valence-corrected chi connectivity index (χ2v) is 6.17. The van der Waals surface area contributed by atoms with Crippen LogP contribution >= 0.6 is 0 Å². The quantitative estimate of drug-likeness (QED) is 0.755. The molecule has 0 aliphatic heterocycles. The minimum Gasteiger partial charge on any atom is -0.507 e. The predicted octanol–water partition coefficient (Wildman–Crippen LogP) is 5.39. The number of fused-ring (bicyclic) bond motifs is 2. The highest BCUT2D eigenvalue weighted by molar-refractivity contribution is 5.94. The van der Waals surface area contributed by atoms with Gasteiger partial charge in [0.1, 0.15) is 11.3 Å². The van der Waals surface area contributed by atoms with Gasteiger partial charge in [0.25, 0.3) is 0 Å². The van der Waals surface area contributed by atoms with Crippen molar-refractivity contribution in [3.8, 4) is 16.9 Å². The number of benzene rings is 2. The Morgan fingerprint density at radius 3 is 2.19 bits per heavy atom. The van der Waals surface area contributed by atoms with E-state index in [1.807, 2.05) is 0 Å². The molecular weight excluding hydrogens is 324 g/mol. The molecule has 0 aromatic heterocycles. The minimum atomic E-state index is -0.508. The van der Waals surface area contributed by atoms with E-state index in [0.717, 1.165) is 11.1 Å². The maximum Gasteiger partial charge on any atom is 0.341 e. The number of hydrogen-bond acceptors (Lipinski definition) is 3. The summed E-state index contributed by atoms with van der Waals surface area (Å²) in [6, 6.07) is 13.4. The highest BCUT2D eigenvalue weighted by Gasteiger charge is 2.26. The van der Waals surface area contributed by atoms with Gasteiger partial charge in [0.05, 0.1) is 6.61 Å². The smallest absolute Gasteiger partial charge is 0.341 e. The zero-order valence-electron chi connectivity index (χ0n) is 13.9. The van der Waals surface area contributed by atoms with Crippen molar-refractivity contribution in [3.05, 3.63) is 89.0 Å². The van der Waals surface area contributed by atoms with Gasteiger partial charge in [0.2, 0.25) is 0 Å². The van der Waals surface area contributed by atoms with Crippen LogP contribution in [0.15, 0.2) is 77.9 Å². The van der Waals surface area contributed by atoms with Gasteiger partial charge in [-0.1, -0.05) is 62.1 Å². The van der Waals surface area contributed by atoms with E-state index in [1.165, 1.54) is 22.8 Å². The fourth-order valence-corrected chi connectivity index (χ4v) is 3.41. The van der Waals surface area contributed by atoms with Crippen molar-refractivity contribution < 1.29 is 14.6 Å². The molecule has 0 amide bonds. The molecule has 1 N–H and O–H groups in total. The van der Waals surface area contributed by atoms with Gasteiger partial charge in [0, 0.05) is 5.92 Å². The number of carbonyl (C=O) groups excluding carboxylic acids is 1. The van der Waals surface area contributed by atoms with E-state index in [4.69, 9.17) is 4.74 Å². The lowest BCUT2D eigenvalue weighted by molar-refractivity contribution is 0.0523. The summed E-state index contributed by atoms with van der Waals surface area (Å²) in [5, 5.41) is 9.91. The van der Waals surface area contributed by atoms with Crippen LogP contribution in [0.1, 0.15) is 36.2 Å². The summed E-state index contributed by atoms with van der Waals surface area (Å²) in [7, 11) is 0. The molecule has 4 rings (SSSR count). The molecule has 2 aliphatic rings. The van der Waals surface area contributed by atoms with Gasteiger partial charge in [0.15, 0.2) is 0 Å². The largest absolute Gasteiger partial charge is 0.507 e. The van der Waals surface area contributed by atoms with Crippen LogP contribution in [0.2, 0.25) is 0 Å². The lowest BCUT2D eigenvalue weighted by atomic mass is 9.91. The molecule has 0 spiro atoms. The monoisotopic (exact) mass is 346 g/mol. The lowest BCUT2D eigenvalue weighted by Crippen LogP contribution is -2.05. The molecule has 0 saturated heterocycles. The number of esters is 1. The molecule has 2 aromatic carbocycles. The normalized spacial score (nSPS) is 14.7. The second-order valence-electron chi connectivity index (χ2n) is 6.17. The van der Waals surface area contributed by atoms with E-state index in [-0.39, 0.29) is 25.3 Å². The summed E-state index contributed by atoms with van der Waals surface area (Å²) in [5.41, 5.74) is 5.98. The molecule has 0 fully saturated rings. The highest BCUT2D eigenvalue weighted by Crippen LogP contribution is 2.43. The average molecular weight is 346 g/mol. The van der Waals surface area contributed by atoms with E-state index in [9.17, 15) is 9.90 Å². The maximum absolute atomic E-state index is 12.0. The molecule has 3 heteroatoms. The minimum absolute atomic E-state index is 0. The van der Waals surface area contributed by atoms with Crippen molar-refractivity contribution >= 4 is 5.97 Å². The van der Waals surface area contributed by atoms with Crippen LogP contribution in [0.25, 0.3) is 11.1 Å². The number of phenols is 1. The van der Waals surface area contributed by atoms with Crippen molar-refractivity contribution in [1.82, 2.24) is 0 Å². The number of aromatic hydroxyl groups is 1. The maximum atomic E-state index is 12.0. The summed E-state index contributed by atoms with van der Waals surface area (Å²) < 4.78 is 5.00. The fourth-order valence-electron chi connectivity index (χ4n) is 3.41. The second kappa shape index (κ2) is 7.04. The third kappa shape index (κ3) is 2.97. The summed E-state index contributed by atoms with van der Waals surface area (Å²) in [6.45, 7) is 2.02. The first kappa shape index (κ1) is 17.7. The Labute approximate surface area is 153 Å². The molecule has 0 saturated carbocycles. The Hall–Kier alpha value is -3.07. The van der Waals surface area contributed by atoms with E-state index in [1.54, 1.807) is 19.1 Å². The molecule has 26 heavy (non-hydrogen) atoms. The van der Waals surface area contributed by atoms with Gasteiger partial charge in [-0.3, -0.25) is 0 Å². The van der Waals surface area contributed by atoms with Crippen LogP contribution < -0.4 is 0 Å². The Balaban J connectivity index is 0.00000196. The molecule has 132 valence electrons. The topological polar surface area (TPSA) is 46.5 Å². The molecule has 0 radical (unpaired) electrons. The van der Waals surface area contributed by atoms with Crippen LogP contribution in [-0.2, 0) is 4.74 Å². The van der Waals surface area contributed by atoms with Gasteiger partial charge in [-0.05, 0) is 46.9 Å². The molecule has 2 aromatic rings. The van der Waals surface area contributed by atoms with Crippen molar-refractivity contribution in [3.63, 3.8) is 0 Å². The number of allylic oxidation sites excluding steroid dienone is 6. The van der Waals surface area contributed by atoms with Crippen LogP contribution in [0.5, 0.6) is 5.75 Å². The van der Waals surface area contributed by atoms with Crippen molar-refractivity contribution in [1.29, 1.82) is 0 Å². The number of ether oxygens (including phenoxy) is 1. The third-order valence-corrected chi connectivity index (χ3v) is 4.67. The molecule has 2 bridgehead atoms. The SMILES string of the molecule is C.CCOC(=O)c1cc(-c2ccc(C3C4=CC=C3C=C4)cc2)ccc1O. The first-order valence-corrected chi connectivity index (χ1v) is 8.37. The zero-order chi connectivity index (χ0) is 17.4. The summed E-state index contributed by atoms with van der Waals surface area (Å²) >= 11 is 0. The van der Waals surface area contributed by atoms with Gasteiger partial charge >= 0.3 is 5.97 Å². The van der Waals surface area contributed by atoms with Gasteiger partial charge in [-0.15, -0.1) is 0 Å². The first-order valence-electron chi connectivity index (χ1n) is 8.37. The van der Waals surface area contributed by atoms with Crippen LogP contribution in [0, 0.1) is 0 Å². The van der Waals surface area contributed by atoms with E-state index in [0.29, 0.717) is 5.92 Å². The summed E-state index contributed by atoms with van der Waals surface area (Å²) in [5.74, 6) is -0.221. The van der Waals surface area contributed by atoms with Crippen LogP contribution in [0.4, 0.5) is 0 Å². The van der Waals surface area contributed by atoms with E-state index >= 15 is 0 Å². The fraction of sp³-hybridized carbons (Fsp3) is 0.174. The number of hydrogen-bond donors (Lipinski definition) is 1. The Bertz CT molecular complexity index is 908. The standard InChI is InChI=1S/C22H18O3.CH4/c1-2-25-22(24)19-13-18(11-12-20(19)23)14-3-5-15(6-4-14)21-16-7-8-17(21)10-9-16;/h3-13,21,23H,2H2,1H3;1H4. The van der Waals surface area contributed by atoms with Gasteiger partial charge < -0.3 is 9.84 Å². The lowest BCUT2D eigenvalue weighted by Gasteiger charge is -2.13. The summed E-state index contributed by atoms with van der Waals surface area (Å²) in [6.07, 6.45) is 8.66. The Morgan fingerprint density at radius 2 is 1.62 bits per heavy atom. The predicted molar refractivity (Wildman–Crippen MR) is 104 cm³/mol. The van der Waals surface area contributed by atoms with E-state index in [2.05, 4.69) is 48.6 Å². The Kier molecular flexibility index (Phi) is 4.81. The van der Waals surface area contributed by atoms with Crippen molar-refractivity contribution in [2.45, 2.75) is 20.3 Å². The van der Waals surface area contributed by atoms with Crippen LogP contribution in [0.3, 0.4) is 0 Å². The third-order valence-electron chi connectivity index (χ3n) is 4.67. The summed E-state index contributed by atoms with van der Waals surface area (Å²) in [4.78, 5) is 12.0. The average Bonchev–Trinajstić information content (AvgIpc) is 3.23. The number of rotatable bonds is 4. The molecule has 3 nitrogen and oxygen atoms in total. The number of carbonyl (C=O) groups is 1. The van der Waals surface area contributed by atoms with Gasteiger partial charge in [-0.25, -0.2) is 4.79 Å². The molecular formula is C23H22O3. The first-order chi connectivity index (χ1) is 12.2. The molecule has 2 aliphatic carbocycles. The van der Waals surface area contributed by atoms with E-state index < -0.39 is 5.97 Å². The zero-order valence-corrected chi connectivity index (χ0v) is 13.9. The molecule has 0 unspecified atom stereocenters. The van der Waals surface area contributed by atoms with Crippen LogP contribution in [-0.4, -0.2) is 17.7 Å². The van der Waals surface area contributed by atoms with Crippen molar-refractivity contribution in [2.24, 2.45) is 0 Å². The molecule has 0 heterocycles. The van der Waals surface area contributed by atoms with Gasteiger partial charge in [-0.2, -0.15) is 0 Å². The highest BCUT2D eigenvalue weighted by atomic mass is 16.5. The van der Waals surface area contributed by atoms with Crippen molar-refractivity contribution in [2.75, 3.05) is 6.61 Å². The molecule has 0 atom stereocenters. The Morgan fingerprint density at radius 1 is 1.00 bits per heavy atom. The number of phenolic OH excluding ortho intramolecular Hbond substituents is 1.